The minimum Gasteiger partial charge on any atom is -0.465 e. The van der Waals surface area contributed by atoms with Crippen LogP contribution in [0.2, 0.25) is 0 Å². The number of esters is 1. The van der Waals surface area contributed by atoms with Crippen LogP contribution in [0.5, 0.6) is 0 Å². The van der Waals surface area contributed by atoms with Gasteiger partial charge in [-0.1, -0.05) is 12.1 Å². The molecule has 1 N–H and O–H groups in total. The molecule has 3 aromatic rings. The van der Waals surface area contributed by atoms with E-state index < -0.39 is 11.9 Å². The van der Waals surface area contributed by atoms with Crippen molar-refractivity contribution in [3.8, 4) is 0 Å². The zero-order valence-corrected chi connectivity index (χ0v) is 12.8. The van der Waals surface area contributed by atoms with Crippen molar-refractivity contribution >= 4 is 39.2 Å². The zero-order chi connectivity index (χ0) is 16.4. The largest absolute Gasteiger partial charge is 0.465 e. The van der Waals surface area contributed by atoms with E-state index in [2.05, 4.69) is 10.1 Å². The van der Waals surface area contributed by atoms with Gasteiger partial charge in [-0.15, -0.1) is 11.3 Å². The van der Waals surface area contributed by atoms with Gasteiger partial charge in [-0.05, 0) is 23.6 Å². The molecule has 0 aliphatic carbocycles. The van der Waals surface area contributed by atoms with Gasteiger partial charge in [-0.25, -0.2) is 4.79 Å². The van der Waals surface area contributed by atoms with E-state index in [4.69, 9.17) is 4.42 Å². The Morgan fingerprint density at radius 2 is 2.00 bits per heavy atom. The number of amides is 1. The van der Waals surface area contributed by atoms with Crippen molar-refractivity contribution in [1.29, 1.82) is 0 Å². The van der Waals surface area contributed by atoms with Crippen LogP contribution in [0.4, 0.5) is 5.00 Å². The van der Waals surface area contributed by atoms with Crippen LogP contribution in [0.15, 0.2) is 51.0 Å². The molecule has 3 rings (SSSR count). The number of thiophene rings is 1. The predicted molar refractivity (Wildman–Crippen MR) is 86.1 cm³/mol. The van der Waals surface area contributed by atoms with Crippen molar-refractivity contribution in [2.24, 2.45) is 0 Å². The van der Waals surface area contributed by atoms with Gasteiger partial charge in [0.1, 0.15) is 10.6 Å². The topological polar surface area (TPSA) is 85.6 Å². The Kier molecular flexibility index (Phi) is 3.94. The SMILES string of the molecule is COC(=O)c1ccsc1NC(=O)c1cc(=O)c2ccccc2o1. The van der Waals surface area contributed by atoms with Crippen molar-refractivity contribution in [3.63, 3.8) is 0 Å². The minimum atomic E-state index is -0.611. The number of fused-ring (bicyclic) bond motifs is 1. The summed E-state index contributed by atoms with van der Waals surface area (Å²) in [6, 6.07) is 9.33. The highest BCUT2D eigenvalue weighted by Gasteiger charge is 2.18. The van der Waals surface area contributed by atoms with Crippen LogP contribution < -0.4 is 10.7 Å². The first-order valence-electron chi connectivity index (χ1n) is 6.60. The lowest BCUT2D eigenvalue weighted by molar-refractivity contribution is 0.0602. The number of para-hydroxylation sites is 1. The first kappa shape index (κ1) is 15.0. The molecule has 2 aromatic heterocycles. The van der Waals surface area contributed by atoms with Crippen LogP contribution in [0.25, 0.3) is 11.0 Å². The Morgan fingerprint density at radius 1 is 1.22 bits per heavy atom. The molecule has 23 heavy (non-hydrogen) atoms. The first-order valence-corrected chi connectivity index (χ1v) is 7.48. The summed E-state index contributed by atoms with van der Waals surface area (Å²) in [6.45, 7) is 0. The summed E-state index contributed by atoms with van der Waals surface area (Å²) in [7, 11) is 1.26. The number of nitrogens with one attached hydrogen (secondary N) is 1. The molecule has 6 nitrogen and oxygen atoms in total. The summed E-state index contributed by atoms with van der Waals surface area (Å²) in [6.07, 6.45) is 0. The van der Waals surface area contributed by atoms with Gasteiger partial charge in [0.25, 0.3) is 5.91 Å². The minimum absolute atomic E-state index is 0.127. The summed E-state index contributed by atoms with van der Waals surface area (Å²) >= 11 is 1.17. The van der Waals surface area contributed by atoms with E-state index in [1.807, 2.05) is 0 Å². The Labute approximate surface area is 134 Å². The van der Waals surface area contributed by atoms with Gasteiger partial charge >= 0.3 is 5.97 Å². The van der Waals surface area contributed by atoms with Crippen molar-refractivity contribution < 1.29 is 18.7 Å². The lowest BCUT2D eigenvalue weighted by Crippen LogP contribution is -2.16. The van der Waals surface area contributed by atoms with E-state index in [0.717, 1.165) is 6.07 Å². The van der Waals surface area contributed by atoms with Gasteiger partial charge in [0.05, 0.1) is 18.1 Å². The number of methoxy groups -OCH3 is 1. The van der Waals surface area contributed by atoms with E-state index in [-0.39, 0.29) is 16.8 Å². The Hall–Kier alpha value is -2.93. The Balaban J connectivity index is 1.94. The second-order valence-corrected chi connectivity index (χ2v) is 5.50. The molecule has 2 heterocycles. The molecule has 0 saturated heterocycles. The molecule has 0 fully saturated rings. The molecule has 1 aromatic carbocycles. The average Bonchev–Trinajstić information content (AvgIpc) is 3.02. The average molecular weight is 329 g/mol. The summed E-state index contributed by atoms with van der Waals surface area (Å²) in [5, 5.41) is 4.94. The van der Waals surface area contributed by atoms with Gasteiger partial charge < -0.3 is 14.5 Å². The van der Waals surface area contributed by atoms with Crippen LogP contribution >= 0.6 is 11.3 Å². The summed E-state index contributed by atoms with van der Waals surface area (Å²) in [4.78, 5) is 35.9. The maximum absolute atomic E-state index is 12.3. The number of benzene rings is 1. The summed E-state index contributed by atoms with van der Waals surface area (Å²) in [5.41, 5.74) is 0.259. The van der Waals surface area contributed by atoms with Crippen LogP contribution in [-0.2, 0) is 4.74 Å². The van der Waals surface area contributed by atoms with E-state index in [1.165, 1.54) is 18.4 Å². The maximum atomic E-state index is 12.3. The van der Waals surface area contributed by atoms with Crippen molar-refractivity contribution in [2.45, 2.75) is 0 Å². The molecule has 116 valence electrons. The van der Waals surface area contributed by atoms with Crippen LogP contribution in [0, 0.1) is 0 Å². The van der Waals surface area contributed by atoms with E-state index in [1.54, 1.807) is 35.7 Å². The molecule has 0 spiro atoms. The normalized spacial score (nSPS) is 10.5. The third kappa shape index (κ3) is 2.86. The predicted octanol–water partition coefficient (Wildman–Crippen LogP) is 2.89. The molecule has 0 unspecified atom stereocenters. The fourth-order valence-electron chi connectivity index (χ4n) is 2.06. The molecule has 0 saturated carbocycles. The summed E-state index contributed by atoms with van der Waals surface area (Å²) < 4.78 is 10.1. The molecule has 0 aliphatic heterocycles. The van der Waals surface area contributed by atoms with Gasteiger partial charge in [-0.3, -0.25) is 9.59 Å². The molecule has 0 atom stereocenters. The number of anilines is 1. The van der Waals surface area contributed by atoms with Gasteiger partial charge in [0.15, 0.2) is 11.2 Å². The Bertz CT molecular complexity index is 956. The highest BCUT2D eigenvalue weighted by Crippen LogP contribution is 2.24. The smallest absolute Gasteiger partial charge is 0.340 e. The second-order valence-electron chi connectivity index (χ2n) is 4.58. The number of carbonyl (C=O) groups is 2. The van der Waals surface area contributed by atoms with Crippen molar-refractivity contribution in [2.75, 3.05) is 12.4 Å². The molecule has 7 heteroatoms. The van der Waals surface area contributed by atoms with Crippen LogP contribution in [0.1, 0.15) is 20.9 Å². The summed E-state index contributed by atoms with van der Waals surface area (Å²) in [5.74, 6) is -1.29. The molecular weight excluding hydrogens is 318 g/mol. The lowest BCUT2D eigenvalue weighted by atomic mass is 10.2. The monoisotopic (exact) mass is 329 g/mol. The number of hydrogen-bond donors (Lipinski definition) is 1. The number of rotatable bonds is 3. The number of ether oxygens (including phenoxy) is 1. The molecule has 0 aliphatic rings. The second kappa shape index (κ2) is 6.05. The fourth-order valence-corrected chi connectivity index (χ4v) is 2.83. The van der Waals surface area contributed by atoms with Crippen molar-refractivity contribution in [3.05, 3.63) is 63.3 Å². The lowest BCUT2D eigenvalue weighted by Gasteiger charge is -2.05. The van der Waals surface area contributed by atoms with Gasteiger partial charge in [0.2, 0.25) is 0 Å². The quantitative estimate of drug-likeness (QED) is 0.747. The zero-order valence-electron chi connectivity index (χ0n) is 12.0. The maximum Gasteiger partial charge on any atom is 0.340 e. The van der Waals surface area contributed by atoms with E-state index in [0.29, 0.717) is 16.0 Å². The third-order valence-corrected chi connectivity index (χ3v) is 3.99. The highest BCUT2D eigenvalue weighted by molar-refractivity contribution is 7.14. The molecule has 0 bridgehead atoms. The molecule has 1 amide bonds. The Morgan fingerprint density at radius 3 is 2.78 bits per heavy atom. The van der Waals surface area contributed by atoms with Crippen molar-refractivity contribution in [1.82, 2.24) is 0 Å². The standard InChI is InChI=1S/C16H11NO5S/c1-21-16(20)10-6-7-23-15(10)17-14(19)13-8-11(18)9-4-2-3-5-12(9)22-13/h2-8H,1H3,(H,17,19). The van der Waals surface area contributed by atoms with Crippen LogP contribution in [0.3, 0.4) is 0 Å². The van der Waals surface area contributed by atoms with E-state index >= 15 is 0 Å². The fraction of sp³-hybridized carbons (Fsp3) is 0.0625. The number of hydrogen-bond acceptors (Lipinski definition) is 6. The molecular formula is C16H11NO5S. The highest BCUT2D eigenvalue weighted by atomic mass is 32.1. The van der Waals surface area contributed by atoms with Crippen LogP contribution in [-0.4, -0.2) is 19.0 Å². The van der Waals surface area contributed by atoms with Gasteiger partial charge in [0, 0.05) is 6.07 Å². The van der Waals surface area contributed by atoms with Gasteiger partial charge in [-0.2, -0.15) is 0 Å². The molecule has 0 radical (unpaired) electrons. The third-order valence-electron chi connectivity index (χ3n) is 3.16. The number of carbonyl (C=O) groups excluding carboxylic acids is 2. The first-order chi connectivity index (χ1) is 11.1. The van der Waals surface area contributed by atoms with E-state index in [9.17, 15) is 14.4 Å².